The summed E-state index contributed by atoms with van der Waals surface area (Å²) in [4.78, 5) is 31.9. The van der Waals surface area contributed by atoms with Crippen LogP contribution in [0.3, 0.4) is 0 Å². The molecule has 0 unspecified atom stereocenters. The molecule has 1 aromatic carbocycles. The Bertz CT molecular complexity index is 1320. The lowest BCUT2D eigenvalue weighted by Gasteiger charge is -2.15. The maximum atomic E-state index is 14.7. The molecule has 1 aliphatic heterocycles. The third kappa shape index (κ3) is 3.49. The summed E-state index contributed by atoms with van der Waals surface area (Å²) in [6.07, 6.45) is 4.40. The molecule has 0 aliphatic carbocycles. The van der Waals surface area contributed by atoms with Crippen LogP contribution in [-0.4, -0.2) is 54.2 Å². The fourth-order valence-electron chi connectivity index (χ4n) is 3.84. The Labute approximate surface area is 182 Å². The van der Waals surface area contributed by atoms with Crippen molar-refractivity contribution in [2.24, 2.45) is 7.05 Å². The zero-order valence-electron chi connectivity index (χ0n) is 17.3. The summed E-state index contributed by atoms with van der Waals surface area (Å²) in [6, 6.07) is 10.7. The number of likely N-dealkylation sites (tertiary alicyclic amines) is 1. The first-order chi connectivity index (χ1) is 15.5. The highest BCUT2D eigenvalue weighted by atomic mass is 19.1. The van der Waals surface area contributed by atoms with Crippen LogP contribution in [0.2, 0.25) is 0 Å². The van der Waals surface area contributed by atoms with E-state index in [-0.39, 0.29) is 22.9 Å². The molecule has 1 N–H and O–H groups in total. The minimum absolute atomic E-state index is 0.0599. The van der Waals surface area contributed by atoms with E-state index in [0.29, 0.717) is 24.6 Å². The van der Waals surface area contributed by atoms with Crippen molar-refractivity contribution in [2.45, 2.75) is 12.8 Å². The SMILES string of the molecule is Cn1ncc(C(=O)N2CCCC2)c1C(=O)Nc1cc2nc(-c3ccccc3)nn2cc1F. The number of anilines is 1. The molecular formula is C22H20FN7O2. The number of benzene rings is 1. The van der Waals surface area contributed by atoms with Gasteiger partial charge in [0.2, 0.25) is 0 Å². The second-order valence-corrected chi connectivity index (χ2v) is 7.62. The first kappa shape index (κ1) is 19.9. The Hall–Kier alpha value is -4.08. The lowest BCUT2D eigenvalue weighted by Crippen LogP contribution is -2.30. The Morgan fingerprint density at radius 3 is 2.62 bits per heavy atom. The van der Waals surface area contributed by atoms with E-state index in [1.807, 2.05) is 30.3 Å². The number of hydrogen-bond acceptors (Lipinski definition) is 5. The zero-order valence-corrected chi connectivity index (χ0v) is 17.3. The molecule has 5 rings (SSSR count). The van der Waals surface area contributed by atoms with Gasteiger partial charge in [-0.25, -0.2) is 13.9 Å². The molecule has 0 saturated carbocycles. The predicted octanol–water partition coefficient (Wildman–Crippen LogP) is 2.76. The fourth-order valence-corrected chi connectivity index (χ4v) is 3.84. The first-order valence-electron chi connectivity index (χ1n) is 10.3. The standard InChI is InChI=1S/C22H20FN7O2/c1-28-19(15(12-24-28)22(32)29-9-5-6-10-29)21(31)25-17-11-18-26-20(14-7-3-2-4-8-14)27-30(18)13-16(17)23/h2-4,7-8,11-13H,5-6,9-10H2,1H3,(H,25,31). The van der Waals surface area contributed by atoms with E-state index in [1.165, 1.54) is 21.5 Å². The van der Waals surface area contributed by atoms with Crippen molar-refractivity contribution in [1.82, 2.24) is 29.3 Å². The van der Waals surface area contributed by atoms with Gasteiger partial charge in [0.1, 0.15) is 5.69 Å². The summed E-state index contributed by atoms with van der Waals surface area (Å²) in [5, 5.41) is 10.9. The van der Waals surface area contributed by atoms with Crippen molar-refractivity contribution in [2.75, 3.05) is 18.4 Å². The van der Waals surface area contributed by atoms with Gasteiger partial charge in [-0.15, -0.1) is 5.10 Å². The van der Waals surface area contributed by atoms with Gasteiger partial charge in [-0.1, -0.05) is 30.3 Å². The molecule has 4 aromatic rings. The van der Waals surface area contributed by atoms with Gasteiger partial charge in [0, 0.05) is 31.8 Å². The van der Waals surface area contributed by atoms with E-state index in [9.17, 15) is 14.0 Å². The van der Waals surface area contributed by atoms with Crippen LogP contribution < -0.4 is 5.32 Å². The predicted molar refractivity (Wildman–Crippen MR) is 115 cm³/mol. The molecule has 1 saturated heterocycles. The van der Waals surface area contributed by atoms with Crippen molar-refractivity contribution in [3.05, 3.63) is 65.9 Å². The molecule has 0 atom stereocenters. The topological polar surface area (TPSA) is 97.4 Å². The summed E-state index contributed by atoms with van der Waals surface area (Å²) in [6.45, 7) is 1.30. The van der Waals surface area contributed by atoms with Crippen LogP contribution >= 0.6 is 0 Å². The molecule has 0 spiro atoms. The second-order valence-electron chi connectivity index (χ2n) is 7.62. The van der Waals surface area contributed by atoms with Crippen molar-refractivity contribution < 1.29 is 14.0 Å². The van der Waals surface area contributed by atoms with Crippen LogP contribution in [0.15, 0.2) is 48.8 Å². The van der Waals surface area contributed by atoms with Crippen LogP contribution in [0, 0.1) is 5.82 Å². The minimum atomic E-state index is -0.676. The van der Waals surface area contributed by atoms with Gasteiger partial charge in [0.15, 0.2) is 17.3 Å². The first-order valence-corrected chi connectivity index (χ1v) is 10.3. The number of carbonyl (C=O) groups is 2. The summed E-state index contributed by atoms with van der Waals surface area (Å²) in [5.41, 5.74) is 1.38. The largest absolute Gasteiger partial charge is 0.339 e. The van der Waals surface area contributed by atoms with E-state index in [4.69, 9.17) is 0 Å². The van der Waals surface area contributed by atoms with E-state index in [1.54, 1.807) is 11.9 Å². The smallest absolute Gasteiger partial charge is 0.274 e. The minimum Gasteiger partial charge on any atom is -0.339 e. The normalized spacial score (nSPS) is 13.6. The van der Waals surface area contributed by atoms with Gasteiger partial charge in [0.25, 0.3) is 11.8 Å². The number of amides is 2. The number of fused-ring (bicyclic) bond motifs is 1. The number of nitrogens with one attached hydrogen (secondary N) is 1. The Kier molecular flexibility index (Phi) is 4.89. The molecule has 9 nitrogen and oxygen atoms in total. The highest BCUT2D eigenvalue weighted by Gasteiger charge is 2.28. The number of aromatic nitrogens is 5. The maximum Gasteiger partial charge on any atom is 0.274 e. The third-order valence-corrected chi connectivity index (χ3v) is 5.48. The summed E-state index contributed by atoms with van der Waals surface area (Å²) >= 11 is 0. The summed E-state index contributed by atoms with van der Waals surface area (Å²) in [5.74, 6) is -1.11. The number of pyridine rings is 1. The molecule has 162 valence electrons. The highest BCUT2D eigenvalue weighted by Crippen LogP contribution is 2.22. The molecule has 3 aromatic heterocycles. The van der Waals surface area contributed by atoms with E-state index in [0.717, 1.165) is 24.6 Å². The molecule has 32 heavy (non-hydrogen) atoms. The molecular weight excluding hydrogens is 413 g/mol. The van der Waals surface area contributed by atoms with Crippen LogP contribution in [0.4, 0.5) is 10.1 Å². The highest BCUT2D eigenvalue weighted by molar-refractivity contribution is 6.11. The second kappa shape index (κ2) is 7.88. The monoisotopic (exact) mass is 433 g/mol. The molecule has 1 aliphatic rings. The van der Waals surface area contributed by atoms with Crippen molar-refractivity contribution in [3.8, 4) is 11.4 Å². The molecule has 4 heterocycles. The van der Waals surface area contributed by atoms with E-state index >= 15 is 0 Å². The number of halogens is 1. The maximum absolute atomic E-state index is 14.7. The number of nitrogens with zero attached hydrogens (tertiary/aromatic N) is 6. The lowest BCUT2D eigenvalue weighted by molar-refractivity contribution is 0.0787. The Balaban J connectivity index is 1.45. The number of rotatable bonds is 4. The van der Waals surface area contributed by atoms with E-state index < -0.39 is 11.7 Å². The van der Waals surface area contributed by atoms with Gasteiger partial charge < -0.3 is 10.2 Å². The number of carbonyl (C=O) groups excluding carboxylic acids is 2. The molecule has 0 bridgehead atoms. The molecule has 0 radical (unpaired) electrons. The van der Waals surface area contributed by atoms with Gasteiger partial charge in [-0.2, -0.15) is 5.10 Å². The summed E-state index contributed by atoms with van der Waals surface area (Å²) < 4.78 is 17.4. The van der Waals surface area contributed by atoms with Crippen LogP contribution in [-0.2, 0) is 7.05 Å². The van der Waals surface area contributed by atoms with Crippen molar-refractivity contribution in [1.29, 1.82) is 0 Å². The van der Waals surface area contributed by atoms with Crippen LogP contribution in [0.1, 0.15) is 33.7 Å². The number of aryl methyl sites for hydroxylation is 1. The van der Waals surface area contributed by atoms with Crippen molar-refractivity contribution in [3.63, 3.8) is 0 Å². The zero-order chi connectivity index (χ0) is 22.2. The average Bonchev–Trinajstić information content (AvgIpc) is 3.54. The Morgan fingerprint density at radius 1 is 1.12 bits per heavy atom. The third-order valence-electron chi connectivity index (χ3n) is 5.48. The lowest BCUT2D eigenvalue weighted by atomic mass is 10.2. The fraction of sp³-hybridized carbons (Fsp3) is 0.227. The summed E-state index contributed by atoms with van der Waals surface area (Å²) in [7, 11) is 1.57. The average molecular weight is 433 g/mol. The van der Waals surface area contributed by atoms with Gasteiger partial charge >= 0.3 is 0 Å². The molecule has 2 amide bonds. The van der Waals surface area contributed by atoms with Crippen molar-refractivity contribution >= 4 is 23.1 Å². The van der Waals surface area contributed by atoms with E-state index in [2.05, 4.69) is 20.5 Å². The van der Waals surface area contributed by atoms with Crippen LogP contribution in [0.5, 0.6) is 0 Å². The number of hydrogen-bond donors (Lipinski definition) is 1. The van der Waals surface area contributed by atoms with Gasteiger partial charge in [0.05, 0.1) is 23.6 Å². The van der Waals surface area contributed by atoms with Gasteiger partial charge in [-0.05, 0) is 12.8 Å². The van der Waals surface area contributed by atoms with Gasteiger partial charge in [-0.3, -0.25) is 14.3 Å². The van der Waals surface area contributed by atoms with Crippen LogP contribution in [0.25, 0.3) is 17.0 Å². The quantitative estimate of drug-likeness (QED) is 0.534. The Morgan fingerprint density at radius 2 is 1.88 bits per heavy atom. The molecule has 1 fully saturated rings. The molecule has 10 heteroatoms.